The normalized spacial score (nSPS) is 11.4. The Hall–Kier alpha value is -2.82. The van der Waals surface area contributed by atoms with Gasteiger partial charge in [-0.05, 0) is 43.7 Å². The van der Waals surface area contributed by atoms with Gasteiger partial charge in [-0.1, -0.05) is 11.6 Å². The third kappa shape index (κ3) is 2.93. The van der Waals surface area contributed by atoms with Gasteiger partial charge in [0.25, 0.3) is 0 Å². The van der Waals surface area contributed by atoms with E-state index in [1.54, 1.807) is 18.4 Å². The van der Waals surface area contributed by atoms with E-state index in [-0.39, 0.29) is 12.3 Å². The second-order valence-corrected chi connectivity index (χ2v) is 5.26. The molecule has 1 aromatic carbocycles. The van der Waals surface area contributed by atoms with Crippen LogP contribution in [0.25, 0.3) is 10.9 Å². The first-order valence-corrected chi connectivity index (χ1v) is 7.06. The maximum Gasteiger partial charge on any atom is 0.244 e. The van der Waals surface area contributed by atoms with Crippen LogP contribution < -0.4 is 5.43 Å². The van der Waals surface area contributed by atoms with Crippen molar-refractivity contribution in [3.63, 3.8) is 0 Å². The number of amides is 1. The Bertz CT molecular complexity index is 829. The van der Waals surface area contributed by atoms with Gasteiger partial charge in [0, 0.05) is 16.6 Å². The van der Waals surface area contributed by atoms with Crippen molar-refractivity contribution in [1.29, 1.82) is 0 Å². The average Bonchev–Trinajstić information content (AvgIpc) is 3.09. The smallest absolute Gasteiger partial charge is 0.244 e. The Kier molecular flexibility index (Phi) is 3.78. The molecular weight excluding hydrogens is 278 g/mol. The summed E-state index contributed by atoms with van der Waals surface area (Å²) in [5.41, 5.74) is 6.75. The van der Waals surface area contributed by atoms with Crippen molar-refractivity contribution in [3.8, 4) is 0 Å². The Morgan fingerprint density at radius 2 is 2.23 bits per heavy atom. The highest BCUT2D eigenvalue weighted by Gasteiger charge is 2.12. The van der Waals surface area contributed by atoms with Gasteiger partial charge in [0.05, 0.1) is 18.9 Å². The molecule has 0 spiro atoms. The topological polar surface area (TPSA) is 70.4 Å². The fraction of sp³-hybridized carbons (Fsp3) is 0.176. The fourth-order valence-electron chi connectivity index (χ4n) is 2.46. The second kappa shape index (κ2) is 5.89. The summed E-state index contributed by atoms with van der Waals surface area (Å²) in [4.78, 5) is 15.4. The number of carbonyl (C=O) groups excluding carboxylic acids is 1. The van der Waals surface area contributed by atoms with Crippen LogP contribution in [-0.2, 0) is 11.2 Å². The third-order valence-corrected chi connectivity index (χ3v) is 3.54. The van der Waals surface area contributed by atoms with E-state index in [2.05, 4.69) is 27.6 Å². The van der Waals surface area contributed by atoms with Crippen molar-refractivity contribution in [2.75, 3.05) is 0 Å². The van der Waals surface area contributed by atoms with Gasteiger partial charge in [0.15, 0.2) is 0 Å². The Balaban J connectivity index is 1.74. The van der Waals surface area contributed by atoms with Crippen molar-refractivity contribution < 1.29 is 9.21 Å². The molecule has 3 aromatic rings. The summed E-state index contributed by atoms with van der Waals surface area (Å²) in [6.07, 6.45) is 3.32. The van der Waals surface area contributed by atoms with Gasteiger partial charge in [-0.2, -0.15) is 5.10 Å². The number of H-pyrrole nitrogens is 1. The van der Waals surface area contributed by atoms with Crippen molar-refractivity contribution in [2.24, 2.45) is 5.10 Å². The summed E-state index contributed by atoms with van der Waals surface area (Å²) in [7, 11) is 0. The number of nitrogens with zero attached hydrogens (tertiary/aromatic N) is 1. The van der Waals surface area contributed by atoms with Gasteiger partial charge in [-0.3, -0.25) is 4.79 Å². The van der Waals surface area contributed by atoms with E-state index in [0.717, 1.165) is 22.2 Å². The number of nitrogens with one attached hydrogen (secondary N) is 2. The van der Waals surface area contributed by atoms with Crippen LogP contribution in [0.3, 0.4) is 0 Å². The number of aromatic amines is 1. The Morgan fingerprint density at radius 3 is 3.00 bits per heavy atom. The van der Waals surface area contributed by atoms with E-state index in [1.165, 1.54) is 11.8 Å². The van der Waals surface area contributed by atoms with E-state index in [1.807, 2.05) is 19.9 Å². The van der Waals surface area contributed by atoms with Crippen LogP contribution in [0, 0.1) is 13.8 Å². The number of hydrogen-bond donors (Lipinski definition) is 2. The van der Waals surface area contributed by atoms with E-state index in [0.29, 0.717) is 5.76 Å². The lowest BCUT2D eigenvalue weighted by Crippen LogP contribution is -2.20. The lowest BCUT2D eigenvalue weighted by molar-refractivity contribution is -0.120. The molecule has 3 rings (SSSR count). The van der Waals surface area contributed by atoms with Crippen molar-refractivity contribution >= 4 is 23.0 Å². The summed E-state index contributed by atoms with van der Waals surface area (Å²) in [6.45, 7) is 4.02. The van der Waals surface area contributed by atoms with E-state index < -0.39 is 0 Å². The minimum absolute atomic E-state index is 0.159. The Labute approximate surface area is 128 Å². The molecular formula is C17H17N3O2. The molecule has 0 fully saturated rings. The lowest BCUT2D eigenvalue weighted by atomic mass is 10.1. The molecule has 5 heteroatoms. The minimum Gasteiger partial charge on any atom is -0.463 e. The Morgan fingerprint density at radius 1 is 1.36 bits per heavy atom. The van der Waals surface area contributed by atoms with Gasteiger partial charge in [-0.25, -0.2) is 5.43 Å². The van der Waals surface area contributed by atoms with Gasteiger partial charge in [0.1, 0.15) is 5.76 Å². The lowest BCUT2D eigenvalue weighted by Gasteiger charge is -2.01. The molecule has 2 aromatic heterocycles. The SMILES string of the molecule is Cc1ccc2[nH]c(C)c(CC(=O)N/N=C\c3ccco3)c2c1. The van der Waals surface area contributed by atoms with Crippen LogP contribution in [0.1, 0.15) is 22.6 Å². The largest absolute Gasteiger partial charge is 0.463 e. The number of carbonyl (C=O) groups is 1. The number of fused-ring (bicyclic) bond motifs is 1. The quantitative estimate of drug-likeness (QED) is 0.573. The maximum atomic E-state index is 12.1. The zero-order chi connectivity index (χ0) is 15.5. The number of hydrogen-bond acceptors (Lipinski definition) is 3. The molecule has 0 radical (unpaired) electrons. The number of benzene rings is 1. The van der Waals surface area contributed by atoms with Gasteiger partial charge in [0.2, 0.25) is 5.91 Å². The van der Waals surface area contributed by atoms with Crippen LogP contribution >= 0.6 is 0 Å². The monoisotopic (exact) mass is 295 g/mol. The third-order valence-electron chi connectivity index (χ3n) is 3.54. The van der Waals surface area contributed by atoms with Crippen LogP contribution in [0.2, 0.25) is 0 Å². The molecule has 5 nitrogen and oxygen atoms in total. The average molecular weight is 295 g/mol. The molecule has 0 aliphatic carbocycles. The van der Waals surface area contributed by atoms with E-state index in [4.69, 9.17) is 4.42 Å². The van der Waals surface area contributed by atoms with E-state index in [9.17, 15) is 4.79 Å². The molecule has 1 amide bonds. The number of furan rings is 1. The zero-order valence-corrected chi connectivity index (χ0v) is 12.5. The zero-order valence-electron chi connectivity index (χ0n) is 12.5. The number of aromatic nitrogens is 1. The highest BCUT2D eigenvalue weighted by molar-refractivity contribution is 5.90. The number of aryl methyl sites for hydroxylation is 2. The summed E-state index contributed by atoms with van der Waals surface area (Å²) in [6, 6.07) is 9.71. The summed E-state index contributed by atoms with van der Waals surface area (Å²) in [5, 5.41) is 4.98. The predicted octanol–water partition coefficient (Wildman–Crippen LogP) is 3.07. The number of rotatable bonds is 4. The van der Waals surface area contributed by atoms with Crippen LogP contribution in [0.15, 0.2) is 46.1 Å². The molecule has 0 saturated heterocycles. The molecule has 2 heterocycles. The van der Waals surface area contributed by atoms with Crippen molar-refractivity contribution in [3.05, 3.63) is 59.2 Å². The summed E-state index contributed by atoms with van der Waals surface area (Å²) < 4.78 is 5.11. The van der Waals surface area contributed by atoms with Crippen molar-refractivity contribution in [2.45, 2.75) is 20.3 Å². The molecule has 0 saturated carbocycles. The molecule has 2 N–H and O–H groups in total. The van der Waals surface area contributed by atoms with Gasteiger partial charge >= 0.3 is 0 Å². The van der Waals surface area contributed by atoms with Gasteiger partial charge in [-0.15, -0.1) is 0 Å². The van der Waals surface area contributed by atoms with Crippen LogP contribution in [0.4, 0.5) is 0 Å². The highest BCUT2D eigenvalue weighted by Crippen LogP contribution is 2.23. The highest BCUT2D eigenvalue weighted by atomic mass is 16.3. The summed E-state index contributed by atoms with van der Waals surface area (Å²) in [5.74, 6) is 0.438. The molecule has 0 unspecified atom stereocenters. The van der Waals surface area contributed by atoms with Gasteiger partial charge < -0.3 is 9.40 Å². The summed E-state index contributed by atoms with van der Waals surface area (Å²) >= 11 is 0. The molecule has 0 aliphatic rings. The molecule has 0 aliphatic heterocycles. The second-order valence-electron chi connectivity index (χ2n) is 5.26. The number of hydrazone groups is 1. The first-order chi connectivity index (χ1) is 10.6. The standard InChI is InChI=1S/C17H17N3O2/c1-11-5-6-16-15(8-11)14(12(2)19-16)9-17(21)20-18-10-13-4-3-7-22-13/h3-8,10,19H,9H2,1-2H3,(H,20,21)/b18-10-. The maximum absolute atomic E-state index is 12.1. The fourth-order valence-corrected chi connectivity index (χ4v) is 2.46. The first kappa shape index (κ1) is 14.1. The molecule has 0 atom stereocenters. The minimum atomic E-state index is -0.159. The molecule has 22 heavy (non-hydrogen) atoms. The van der Waals surface area contributed by atoms with Crippen LogP contribution in [-0.4, -0.2) is 17.1 Å². The molecule has 0 bridgehead atoms. The first-order valence-electron chi connectivity index (χ1n) is 7.06. The van der Waals surface area contributed by atoms with E-state index >= 15 is 0 Å². The van der Waals surface area contributed by atoms with Crippen molar-refractivity contribution in [1.82, 2.24) is 10.4 Å². The van der Waals surface area contributed by atoms with Crippen LogP contribution in [0.5, 0.6) is 0 Å². The molecule has 112 valence electrons. The predicted molar refractivity (Wildman–Crippen MR) is 85.9 cm³/mol.